The zero-order chi connectivity index (χ0) is 20.5. The maximum atomic E-state index is 12.3. The first-order valence-electron chi connectivity index (χ1n) is 8.15. The lowest BCUT2D eigenvalue weighted by atomic mass is 10.2. The average Bonchev–Trinajstić information content (AvgIpc) is 2.65. The number of thioether (sulfide) groups is 1. The fourth-order valence-corrected chi connectivity index (χ4v) is 2.88. The van der Waals surface area contributed by atoms with E-state index in [1.807, 2.05) is 0 Å². The van der Waals surface area contributed by atoms with E-state index in [-0.39, 0.29) is 29.8 Å². The second-order valence-electron chi connectivity index (χ2n) is 5.52. The highest BCUT2D eigenvalue weighted by atomic mass is 32.2. The molecule has 0 saturated carbocycles. The van der Waals surface area contributed by atoms with Crippen LogP contribution in [0.1, 0.15) is 12.5 Å². The molecule has 0 aliphatic carbocycles. The Labute approximate surface area is 165 Å². The Morgan fingerprint density at radius 2 is 1.82 bits per heavy atom. The van der Waals surface area contributed by atoms with Crippen LogP contribution in [-0.4, -0.2) is 31.4 Å². The maximum absolute atomic E-state index is 12.3. The van der Waals surface area contributed by atoms with E-state index in [1.54, 1.807) is 24.3 Å². The summed E-state index contributed by atoms with van der Waals surface area (Å²) >= 11 is 1.29. The number of amides is 1. The van der Waals surface area contributed by atoms with Crippen molar-refractivity contribution >= 4 is 29.3 Å². The lowest BCUT2D eigenvalue weighted by molar-refractivity contribution is -0.141. The van der Waals surface area contributed by atoms with Crippen molar-refractivity contribution in [2.75, 3.05) is 18.2 Å². The van der Waals surface area contributed by atoms with Crippen molar-refractivity contribution in [2.24, 2.45) is 0 Å². The van der Waals surface area contributed by atoms with Crippen LogP contribution in [-0.2, 0) is 20.9 Å². The first-order chi connectivity index (χ1) is 13.4. The first-order valence-corrected chi connectivity index (χ1v) is 9.13. The molecule has 2 rings (SSSR count). The van der Waals surface area contributed by atoms with Crippen molar-refractivity contribution in [3.05, 3.63) is 48.0 Å². The molecule has 0 bridgehead atoms. The van der Waals surface area contributed by atoms with E-state index in [0.29, 0.717) is 11.3 Å². The van der Waals surface area contributed by atoms with Crippen molar-refractivity contribution in [3.8, 4) is 11.5 Å². The smallest absolute Gasteiger partial charge is 0.387 e. The van der Waals surface area contributed by atoms with Gasteiger partial charge in [-0.25, -0.2) is 0 Å². The molecule has 1 amide bonds. The molecule has 2 aromatic carbocycles. The number of hydrogen-bond donors (Lipinski definition) is 1. The van der Waals surface area contributed by atoms with E-state index in [9.17, 15) is 18.4 Å². The third-order valence-corrected chi connectivity index (χ3v) is 4.36. The molecule has 0 aromatic heterocycles. The topological polar surface area (TPSA) is 73.9 Å². The number of methoxy groups -OCH3 is 1. The number of benzene rings is 2. The van der Waals surface area contributed by atoms with Crippen LogP contribution in [0.25, 0.3) is 0 Å². The molecule has 0 fully saturated rings. The second kappa shape index (κ2) is 10.5. The van der Waals surface area contributed by atoms with Gasteiger partial charge in [0, 0.05) is 17.5 Å². The minimum absolute atomic E-state index is 0.0216. The maximum Gasteiger partial charge on any atom is 0.387 e. The monoisotopic (exact) mass is 411 g/mol. The summed E-state index contributed by atoms with van der Waals surface area (Å²) in [5.74, 6) is -0.450. The fourth-order valence-electron chi connectivity index (χ4n) is 2.18. The largest absolute Gasteiger partial charge is 0.493 e. The molecule has 0 aliphatic rings. The zero-order valence-electron chi connectivity index (χ0n) is 15.2. The van der Waals surface area contributed by atoms with E-state index in [1.165, 1.54) is 44.0 Å². The Morgan fingerprint density at radius 1 is 1.11 bits per heavy atom. The fraction of sp³-hybridized carbons (Fsp3) is 0.263. The molecule has 0 aliphatic heterocycles. The summed E-state index contributed by atoms with van der Waals surface area (Å²) in [6, 6.07) is 11.4. The summed E-state index contributed by atoms with van der Waals surface area (Å²) in [6.45, 7) is -1.55. The van der Waals surface area contributed by atoms with Gasteiger partial charge in [-0.2, -0.15) is 8.78 Å². The second-order valence-corrected chi connectivity index (χ2v) is 6.57. The number of alkyl halides is 2. The van der Waals surface area contributed by atoms with Gasteiger partial charge in [0.2, 0.25) is 5.91 Å². The van der Waals surface area contributed by atoms with Gasteiger partial charge in [0.05, 0.1) is 12.9 Å². The lowest BCUT2D eigenvalue weighted by Crippen LogP contribution is -2.08. The minimum atomic E-state index is -2.96. The third kappa shape index (κ3) is 7.07. The van der Waals surface area contributed by atoms with Gasteiger partial charge in [0.1, 0.15) is 6.61 Å². The molecule has 6 nitrogen and oxygen atoms in total. The molecule has 0 spiro atoms. The molecule has 0 atom stereocenters. The van der Waals surface area contributed by atoms with Crippen LogP contribution in [0, 0.1) is 0 Å². The van der Waals surface area contributed by atoms with Crippen LogP contribution in [0.5, 0.6) is 11.5 Å². The number of carbonyl (C=O) groups excluding carboxylic acids is 2. The minimum Gasteiger partial charge on any atom is -0.493 e. The molecule has 0 unspecified atom stereocenters. The average molecular weight is 411 g/mol. The summed E-state index contributed by atoms with van der Waals surface area (Å²) in [6.07, 6.45) is 0. The summed E-state index contributed by atoms with van der Waals surface area (Å²) in [5.41, 5.74) is 1.25. The van der Waals surface area contributed by atoms with Gasteiger partial charge in [-0.15, -0.1) is 11.8 Å². The summed E-state index contributed by atoms with van der Waals surface area (Å²) in [5, 5.41) is 2.66. The number of halogens is 2. The van der Waals surface area contributed by atoms with Crippen LogP contribution < -0.4 is 14.8 Å². The van der Waals surface area contributed by atoms with Gasteiger partial charge < -0.3 is 19.5 Å². The molecule has 9 heteroatoms. The Morgan fingerprint density at radius 3 is 2.43 bits per heavy atom. The summed E-state index contributed by atoms with van der Waals surface area (Å²) in [4.78, 5) is 23.7. The highest BCUT2D eigenvalue weighted by Crippen LogP contribution is 2.29. The van der Waals surface area contributed by atoms with Crippen LogP contribution in [0.15, 0.2) is 47.4 Å². The van der Waals surface area contributed by atoms with Crippen molar-refractivity contribution in [2.45, 2.75) is 25.0 Å². The number of esters is 1. The van der Waals surface area contributed by atoms with Gasteiger partial charge in [0.15, 0.2) is 11.5 Å². The van der Waals surface area contributed by atoms with Crippen LogP contribution in [0.3, 0.4) is 0 Å². The molecule has 0 radical (unpaired) electrons. The Balaban J connectivity index is 1.82. The zero-order valence-corrected chi connectivity index (χ0v) is 16.1. The number of nitrogens with one attached hydrogen (secondary N) is 1. The SMILES string of the molecule is COc1cc(COC(=O)CSc2ccc(NC(C)=O)cc2)ccc1OC(F)F. The molecule has 2 aromatic rings. The predicted molar refractivity (Wildman–Crippen MR) is 101 cm³/mol. The number of anilines is 1. The standard InChI is InChI=1S/C19H19F2NO5S/c1-12(23)22-14-4-6-15(7-5-14)28-11-18(24)26-10-13-3-8-16(27-19(20)21)17(9-13)25-2/h3-9,19H,10-11H2,1-2H3,(H,22,23). The van der Waals surface area contributed by atoms with E-state index >= 15 is 0 Å². The van der Waals surface area contributed by atoms with Crippen LogP contribution in [0.2, 0.25) is 0 Å². The normalized spacial score (nSPS) is 10.5. The molecular weight excluding hydrogens is 392 g/mol. The van der Waals surface area contributed by atoms with Gasteiger partial charge in [-0.3, -0.25) is 9.59 Å². The quantitative estimate of drug-likeness (QED) is 0.495. The van der Waals surface area contributed by atoms with Gasteiger partial charge in [0.25, 0.3) is 0 Å². The van der Waals surface area contributed by atoms with E-state index in [4.69, 9.17) is 9.47 Å². The van der Waals surface area contributed by atoms with Crippen LogP contribution >= 0.6 is 11.8 Å². The number of ether oxygens (including phenoxy) is 3. The highest BCUT2D eigenvalue weighted by Gasteiger charge is 2.12. The molecule has 0 saturated heterocycles. The molecule has 1 N–H and O–H groups in total. The van der Waals surface area contributed by atoms with Gasteiger partial charge >= 0.3 is 12.6 Å². The summed E-state index contributed by atoms with van der Waals surface area (Å²) < 4.78 is 39.2. The van der Waals surface area contributed by atoms with Crippen molar-refractivity contribution in [1.29, 1.82) is 0 Å². The van der Waals surface area contributed by atoms with Gasteiger partial charge in [-0.1, -0.05) is 6.07 Å². The van der Waals surface area contributed by atoms with Crippen molar-refractivity contribution in [1.82, 2.24) is 0 Å². The van der Waals surface area contributed by atoms with E-state index < -0.39 is 12.6 Å². The molecular formula is C19H19F2NO5S. The Bertz CT molecular complexity index is 814. The predicted octanol–water partition coefficient (Wildman–Crippen LogP) is 4.09. The van der Waals surface area contributed by atoms with E-state index in [0.717, 1.165) is 4.90 Å². The highest BCUT2D eigenvalue weighted by molar-refractivity contribution is 8.00. The van der Waals surface area contributed by atoms with Crippen molar-refractivity contribution < 1.29 is 32.6 Å². The van der Waals surface area contributed by atoms with Gasteiger partial charge in [-0.05, 0) is 42.0 Å². The number of hydrogen-bond acceptors (Lipinski definition) is 6. The molecule has 0 heterocycles. The van der Waals surface area contributed by atoms with Crippen molar-refractivity contribution in [3.63, 3.8) is 0 Å². The lowest BCUT2D eigenvalue weighted by Gasteiger charge is -2.11. The Kier molecular flexibility index (Phi) is 8.06. The number of carbonyl (C=O) groups is 2. The first kappa shape index (κ1) is 21.5. The third-order valence-electron chi connectivity index (χ3n) is 3.38. The molecule has 150 valence electrons. The molecule has 28 heavy (non-hydrogen) atoms. The Hall–Kier alpha value is -2.81. The van der Waals surface area contributed by atoms with E-state index in [2.05, 4.69) is 10.1 Å². The number of rotatable bonds is 9. The summed E-state index contributed by atoms with van der Waals surface area (Å²) in [7, 11) is 1.33. The van der Waals surface area contributed by atoms with Crippen LogP contribution in [0.4, 0.5) is 14.5 Å².